The molecule has 0 atom stereocenters. The zero-order valence-electron chi connectivity index (χ0n) is 16.8. The molecule has 0 amide bonds. The standard InChI is InChI=1S/2C6H2F3.2C6H7.Ti/c2*7-4-1-5(8)3-6(9)2-4;2*1-6-4-2-3-5-6;/h2*1-2H;2*2,4H,3H2,1H3;/q4*-1;+4. The van der Waals surface area contributed by atoms with Crippen LogP contribution < -0.4 is 0 Å². The summed E-state index contributed by atoms with van der Waals surface area (Å²) in [5.41, 5.74) is 2.55. The van der Waals surface area contributed by atoms with E-state index in [0.717, 1.165) is 12.8 Å². The minimum absolute atomic E-state index is 0. The average Bonchev–Trinajstić information content (AvgIpc) is 3.27. The van der Waals surface area contributed by atoms with Crippen molar-refractivity contribution in [1.29, 1.82) is 0 Å². The molecule has 0 aromatic heterocycles. The molecule has 0 spiro atoms. The van der Waals surface area contributed by atoms with Crippen molar-refractivity contribution in [3.05, 3.63) is 119 Å². The number of hydrogen-bond donors (Lipinski definition) is 0. The van der Waals surface area contributed by atoms with Crippen LogP contribution >= 0.6 is 0 Å². The molecular formula is C24H18F6Ti. The molecular weight excluding hydrogens is 450 g/mol. The molecule has 31 heavy (non-hydrogen) atoms. The summed E-state index contributed by atoms with van der Waals surface area (Å²) >= 11 is 0. The summed E-state index contributed by atoms with van der Waals surface area (Å²) in [5, 5.41) is 0. The molecule has 0 radical (unpaired) electrons. The van der Waals surface area contributed by atoms with E-state index in [1.54, 1.807) is 12.1 Å². The van der Waals surface area contributed by atoms with Crippen molar-refractivity contribution in [2.75, 3.05) is 0 Å². The van der Waals surface area contributed by atoms with E-state index in [1.807, 2.05) is 0 Å². The van der Waals surface area contributed by atoms with Gasteiger partial charge in [0.15, 0.2) is 0 Å². The molecule has 4 rings (SSSR count). The summed E-state index contributed by atoms with van der Waals surface area (Å²) in [6.07, 6.45) is 16.7. The molecule has 2 aliphatic rings. The van der Waals surface area contributed by atoms with Crippen LogP contribution in [0.4, 0.5) is 26.3 Å². The van der Waals surface area contributed by atoms with Crippen LogP contribution in [0.5, 0.6) is 0 Å². The normalized spacial score (nSPS) is 12.8. The molecule has 0 nitrogen and oxygen atoms in total. The van der Waals surface area contributed by atoms with Crippen LogP contribution in [0, 0.1) is 59.2 Å². The van der Waals surface area contributed by atoms with Crippen LogP contribution in [0.15, 0.2) is 59.7 Å². The first-order valence-electron chi connectivity index (χ1n) is 8.71. The molecule has 160 valence electrons. The van der Waals surface area contributed by atoms with Crippen LogP contribution in [-0.2, 0) is 21.7 Å². The fourth-order valence-electron chi connectivity index (χ4n) is 1.97. The van der Waals surface area contributed by atoms with Gasteiger partial charge in [0.2, 0.25) is 0 Å². The predicted octanol–water partition coefficient (Wildman–Crippen LogP) is 7.20. The predicted molar refractivity (Wildman–Crippen MR) is 103 cm³/mol. The Kier molecular flexibility index (Phi) is 14.3. The van der Waals surface area contributed by atoms with Crippen molar-refractivity contribution < 1.29 is 48.1 Å². The topological polar surface area (TPSA) is 0 Å². The zero-order valence-corrected chi connectivity index (χ0v) is 18.4. The maximum Gasteiger partial charge on any atom is 4.00 e. The van der Waals surface area contributed by atoms with E-state index in [2.05, 4.69) is 50.3 Å². The van der Waals surface area contributed by atoms with Crippen molar-refractivity contribution in [1.82, 2.24) is 0 Å². The molecule has 0 fully saturated rings. The van der Waals surface area contributed by atoms with Gasteiger partial charge >= 0.3 is 21.7 Å². The van der Waals surface area contributed by atoms with Crippen molar-refractivity contribution >= 4 is 0 Å². The third-order valence-electron chi connectivity index (χ3n) is 3.27. The van der Waals surface area contributed by atoms with E-state index >= 15 is 0 Å². The Bertz CT molecular complexity index is 761. The van der Waals surface area contributed by atoms with E-state index in [-0.39, 0.29) is 21.7 Å². The molecule has 0 unspecified atom stereocenters. The average molecular weight is 468 g/mol. The van der Waals surface area contributed by atoms with Gasteiger partial charge in [0.25, 0.3) is 0 Å². The second-order valence-electron chi connectivity index (χ2n) is 5.92. The Labute approximate surface area is 193 Å². The Morgan fingerprint density at radius 2 is 0.871 bits per heavy atom. The first kappa shape index (κ1) is 28.7. The number of benzene rings is 2. The van der Waals surface area contributed by atoms with Crippen molar-refractivity contribution in [2.24, 2.45) is 0 Å². The Hall–Kier alpha value is -2.31. The van der Waals surface area contributed by atoms with Crippen LogP contribution in [-0.4, -0.2) is 0 Å². The second-order valence-corrected chi connectivity index (χ2v) is 5.92. The van der Waals surface area contributed by atoms with E-state index < -0.39 is 34.9 Å². The second kappa shape index (κ2) is 15.5. The van der Waals surface area contributed by atoms with Crippen LogP contribution in [0.2, 0.25) is 0 Å². The van der Waals surface area contributed by atoms with Gasteiger partial charge in [-0.2, -0.15) is 12.2 Å². The molecule has 0 N–H and O–H groups in total. The van der Waals surface area contributed by atoms with Crippen LogP contribution in [0.1, 0.15) is 26.7 Å². The van der Waals surface area contributed by atoms with Gasteiger partial charge in [0, 0.05) is 34.9 Å². The monoisotopic (exact) mass is 468 g/mol. The first-order chi connectivity index (χ1) is 14.2. The number of halogens is 6. The van der Waals surface area contributed by atoms with E-state index in [0.29, 0.717) is 24.3 Å². The van der Waals surface area contributed by atoms with E-state index in [9.17, 15) is 26.3 Å². The quantitative estimate of drug-likeness (QED) is 0.218. The summed E-state index contributed by atoms with van der Waals surface area (Å²) in [7, 11) is 0. The summed E-state index contributed by atoms with van der Waals surface area (Å²) in [6, 6.07) is 5.51. The Morgan fingerprint density at radius 3 is 1.00 bits per heavy atom. The molecule has 0 aliphatic heterocycles. The Morgan fingerprint density at radius 1 is 0.581 bits per heavy atom. The maximum atomic E-state index is 11.9. The largest absolute Gasteiger partial charge is 4.00 e. The van der Waals surface area contributed by atoms with Crippen LogP contribution in [0.3, 0.4) is 0 Å². The molecule has 0 saturated heterocycles. The van der Waals surface area contributed by atoms with Gasteiger partial charge in [-0.25, -0.2) is 49.6 Å². The summed E-state index contributed by atoms with van der Waals surface area (Å²) < 4.78 is 71.4. The summed E-state index contributed by atoms with van der Waals surface area (Å²) in [4.78, 5) is 0. The van der Waals surface area contributed by atoms with Gasteiger partial charge in [-0.05, 0) is 0 Å². The smallest absolute Gasteiger partial charge is 0.270 e. The van der Waals surface area contributed by atoms with Crippen molar-refractivity contribution in [2.45, 2.75) is 26.7 Å². The molecule has 2 aliphatic carbocycles. The third-order valence-corrected chi connectivity index (χ3v) is 3.27. The summed E-state index contributed by atoms with van der Waals surface area (Å²) in [5.74, 6) is -5.94. The van der Waals surface area contributed by atoms with E-state index in [1.165, 1.54) is 11.1 Å². The van der Waals surface area contributed by atoms with Gasteiger partial charge < -0.3 is 0 Å². The number of hydrogen-bond acceptors (Lipinski definition) is 0. The molecule has 2 aromatic rings. The summed E-state index contributed by atoms with van der Waals surface area (Å²) in [6.45, 7) is 4.12. The van der Waals surface area contributed by atoms with Gasteiger partial charge in [-0.3, -0.25) is 12.2 Å². The zero-order chi connectivity index (χ0) is 22.5. The van der Waals surface area contributed by atoms with E-state index in [4.69, 9.17) is 0 Å². The molecule has 0 saturated carbocycles. The van der Waals surface area contributed by atoms with Gasteiger partial charge in [0.05, 0.1) is 0 Å². The first-order valence-corrected chi connectivity index (χ1v) is 8.71. The maximum absolute atomic E-state index is 11.9. The van der Waals surface area contributed by atoms with Gasteiger partial charge in [-0.15, -0.1) is 49.2 Å². The minimum Gasteiger partial charge on any atom is -0.270 e. The van der Waals surface area contributed by atoms with Gasteiger partial charge in [-0.1, -0.05) is 13.8 Å². The number of rotatable bonds is 0. The minimum atomic E-state index is -1.02. The SMILES string of the molecule is CC1=[C-]CC=C1.CC1=[C-]CC=C1.Fc1[c-]c(F)cc(F)c1.Fc1[c-]c(F)cc(F)c1.[Ti+4]. The molecule has 2 aromatic carbocycles. The third kappa shape index (κ3) is 14.4. The van der Waals surface area contributed by atoms with Crippen LogP contribution in [0.25, 0.3) is 0 Å². The Balaban J connectivity index is 0.000000389. The fourth-order valence-corrected chi connectivity index (χ4v) is 1.97. The fraction of sp³-hybridized carbons (Fsp3) is 0.167. The van der Waals surface area contributed by atoms with Crippen molar-refractivity contribution in [3.8, 4) is 0 Å². The molecule has 7 heteroatoms. The van der Waals surface area contributed by atoms with Crippen molar-refractivity contribution in [3.63, 3.8) is 0 Å². The molecule has 0 bridgehead atoms. The number of allylic oxidation sites excluding steroid dienone is 8. The molecule has 0 heterocycles. The van der Waals surface area contributed by atoms with Gasteiger partial charge in [0.1, 0.15) is 0 Å².